The van der Waals surface area contributed by atoms with Crippen LogP contribution < -0.4 is 10.1 Å². The third kappa shape index (κ3) is 3.22. The molecule has 20 heavy (non-hydrogen) atoms. The van der Waals surface area contributed by atoms with Crippen molar-refractivity contribution < 1.29 is 19.4 Å². The van der Waals surface area contributed by atoms with E-state index in [0.29, 0.717) is 11.7 Å². The van der Waals surface area contributed by atoms with Gasteiger partial charge in [-0.25, -0.2) is 4.79 Å². The van der Waals surface area contributed by atoms with Crippen molar-refractivity contribution in [2.75, 3.05) is 27.3 Å². The molecule has 0 amide bonds. The molecule has 0 spiro atoms. The molecule has 1 saturated heterocycles. The van der Waals surface area contributed by atoms with Crippen molar-refractivity contribution >= 4 is 5.97 Å². The first-order valence-corrected chi connectivity index (χ1v) is 6.84. The van der Waals surface area contributed by atoms with Gasteiger partial charge < -0.3 is 19.9 Å². The molecule has 1 fully saturated rings. The van der Waals surface area contributed by atoms with Gasteiger partial charge in [0.2, 0.25) is 0 Å². The third-order valence-electron chi connectivity index (χ3n) is 3.71. The summed E-state index contributed by atoms with van der Waals surface area (Å²) in [6.07, 6.45) is 3.14. The van der Waals surface area contributed by atoms with Gasteiger partial charge in [0, 0.05) is 6.07 Å². The molecular formula is C15H21NO4. The van der Waals surface area contributed by atoms with E-state index in [2.05, 4.69) is 10.1 Å². The smallest absolute Gasteiger partial charge is 0.341 e. The van der Waals surface area contributed by atoms with Gasteiger partial charge in [-0.05, 0) is 49.9 Å². The summed E-state index contributed by atoms with van der Waals surface area (Å²) in [6, 6.07) is 3.16. The number of methoxy groups -OCH3 is 2. The Balaban J connectivity index is 2.26. The zero-order valence-electron chi connectivity index (χ0n) is 11.9. The molecule has 110 valence electrons. The van der Waals surface area contributed by atoms with Crippen LogP contribution in [0.2, 0.25) is 0 Å². The van der Waals surface area contributed by atoms with Crippen LogP contribution in [0.15, 0.2) is 12.1 Å². The molecule has 1 aromatic rings. The number of nitrogens with one attached hydrogen (secondary N) is 1. The number of piperidine rings is 1. The number of benzene rings is 1. The second-order valence-electron chi connectivity index (χ2n) is 5.09. The SMILES string of the molecule is COC(=O)c1cc(CC2CCCNC2)c(OC)cc1O. The monoisotopic (exact) mass is 279 g/mol. The minimum Gasteiger partial charge on any atom is -0.507 e. The Morgan fingerprint density at radius 1 is 1.45 bits per heavy atom. The van der Waals surface area contributed by atoms with E-state index in [-0.39, 0.29) is 11.3 Å². The average molecular weight is 279 g/mol. The number of phenols is 1. The lowest BCUT2D eigenvalue weighted by molar-refractivity contribution is 0.0597. The Hall–Kier alpha value is -1.75. The van der Waals surface area contributed by atoms with Crippen LogP contribution in [0, 0.1) is 5.92 Å². The second kappa shape index (κ2) is 6.61. The Kier molecular flexibility index (Phi) is 4.84. The number of phenolic OH excluding ortho intramolecular Hbond substituents is 1. The number of ether oxygens (including phenoxy) is 2. The second-order valence-corrected chi connectivity index (χ2v) is 5.09. The maximum absolute atomic E-state index is 11.6. The summed E-state index contributed by atoms with van der Waals surface area (Å²) in [7, 11) is 2.87. The van der Waals surface area contributed by atoms with Gasteiger partial charge in [0.05, 0.1) is 14.2 Å². The summed E-state index contributed by atoms with van der Waals surface area (Å²) < 4.78 is 9.99. The van der Waals surface area contributed by atoms with Crippen molar-refractivity contribution in [1.82, 2.24) is 5.32 Å². The van der Waals surface area contributed by atoms with Gasteiger partial charge in [-0.1, -0.05) is 0 Å². The summed E-state index contributed by atoms with van der Waals surface area (Å²) in [5.41, 5.74) is 1.12. The first-order valence-electron chi connectivity index (χ1n) is 6.84. The van der Waals surface area contributed by atoms with Crippen LogP contribution in [0.1, 0.15) is 28.8 Å². The summed E-state index contributed by atoms with van der Waals surface area (Å²) in [5, 5.41) is 13.2. The van der Waals surface area contributed by atoms with E-state index in [4.69, 9.17) is 4.74 Å². The molecule has 0 saturated carbocycles. The minimum atomic E-state index is -0.534. The molecule has 1 aliphatic rings. The minimum absolute atomic E-state index is 0.112. The van der Waals surface area contributed by atoms with Gasteiger partial charge >= 0.3 is 5.97 Å². The van der Waals surface area contributed by atoms with Crippen molar-refractivity contribution in [3.63, 3.8) is 0 Å². The van der Waals surface area contributed by atoms with Crippen LogP contribution in [-0.4, -0.2) is 38.4 Å². The Morgan fingerprint density at radius 2 is 2.25 bits per heavy atom. The van der Waals surface area contributed by atoms with E-state index < -0.39 is 5.97 Å². The van der Waals surface area contributed by atoms with E-state index in [9.17, 15) is 9.90 Å². The molecule has 0 aromatic heterocycles. The van der Waals surface area contributed by atoms with E-state index in [1.165, 1.54) is 13.2 Å². The largest absolute Gasteiger partial charge is 0.507 e. The maximum Gasteiger partial charge on any atom is 0.341 e. The molecule has 5 nitrogen and oxygen atoms in total. The van der Waals surface area contributed by atoms with Crippen LogP contribution in [0.3, 0.4) is 0 Å². The number of esters is 1. The van der Waals surface area contributed by atoms with Crippen molar-refractivity contribution in [3.05, 3.63) is 23.3 Å². The van der Waals surface area contributed by atoms with E-state index in [0.717, 1.165) is 37.9 Å². The molecule has 0 bridgehead atoms. The van der Waals surface area contributed by atoms with Crippen LogP contribution in [0.25, 0.3) is 0 Å². The number of carbonyl (C=O) groups is 1. The highest BCUT2D eigenvalue weighted by atomic mass is 16.5. The summed E-state index contributed by atoms with van der Waals surface area (Å²) in [4.78, 5) is 11.6. The van der Waals surface area contributed by atoms with Crippen LogP contribution in [-0.2, 0) is 11.2 Å². The molecule has 1 unspecified atom stereocenters. The number of carbonyl (C=O) groups excluding carboxylic acids is 1. The molecule has 0 aliphatic carbocycles. The maximum atomic E-state index is 11.6. The summed E-state index contributed by atoms with van der Waals surface area (Å²) in [5.74, 6) is 0.487. The van der Waals surface area contributed by atoms with Crippen molar-refractivity contribution in [2.45, 2.75) is 19.3 Å². The number of hydrogen-bond donors (Lipinski definition) is 2. The lowest BCUT2D eigenvalue weighted by Gasteiger charge is -2.23. The standard InChI is InChI=1S/C15H21NO4/c1-19-14-8-13(17)12(15(18)20-2)7-11(14)6-10-4-3-5-16-9-10/h7-8,10,16-17H,3-6,9H2,1-2H3. The lowest BCUT2D eigenvalue weighted by Crippen LogP contribution is -2.31. The predicted octanol–water partition coefficient (Wildman–Crippen LogP) is 1.73. The molecule has 2 rings (SSSR count). The first-order chi connectivity index (χ1) is 9.65. The number of aromatic hydroxyl groups is 1. The topological polar surface area (TPSA) is 67.8 Å². The Morgan fingerprint density at radius 3 is 2.85 bits per heavy atom. The molecule has 1 aromatic carbocycles. The molecule has 0 radical (unpaired) electrons. The molecule has 1 heterocycles. The van der Waals surface area contributed by atoms with E-state index in [1.807, 2.05) is 0 Å². The average Bonchev–Trinajstić information content (AvgIpc) is 2.49. The van der Waals surface area contributed by atoms with Gasteiger partial charge in [0.15, 0.2) is 0 Å². The highest BCUT2D eigenvalue weighted by Crippen LogP contribution is 2.31. The first kappa shape index (κ1) is 14.7. The van der Waals surface area contributed by atoms with E-state index >= 15 is 0 Å². The molecule has 5 heteroatoms. The molecule has 2 N–H and O–H groups in total. The number of rotatable bonds is 4. The fourth-order valence-electron chi connectivity index (χ4n) is 2.65. The fraction of sp³-hybridized carbons (Fsp3) is 0.533. The Labute approximate surface area is 118 Å². The zero-order chi connectivity index (χ0) is 14.5. The van der Waals surface area contributed by atoms with Crippen molar-refractivity contribution in [1.29, 1.82) is 0 Å². The molecule has 1 aliphatic heterocycles. The number of hydrogen-bond acceptors (Lipinski definition) is 5. The van der Waals surface area contributed by atoms with Gasteiger partial charge in [-0.2, -0.15) is 0 Å². The van der Waals surface area contributed by atoms with Crippen molar-refractivity contribution in [2.24, 2.45) is 5.92 Å². The quantitative estimate of drug-likeness (QED) is 0.822. The van der Waals surface area contributed by atoms with Gasteiger partial charge in [0.25, 0.3) is 0 Å². The van der Waals surface area contributed by atoms with Crippen molar-refractivity contribution in [3.8, 4) is 11.5 Å². The Bertz CT molecular complexity index is 481. The fourth-order valence-corrected chi connectivity index (χ4v) is 2.65. The molecular weight excluding hydrogens is 258 g/mol. The van der Waals surface area contributed by atoms with Gasteiger partial charge in [0.1, 0.15) is 17.1 Å². The van der Waals surface area contributed by atoms with Gasteiger partial charge in [-0.3, -0.25) is 0 Å². The zero-order valence-corrected chi connectivity index (χ0v) is 11.9. The normalized spacial score (nSPS) is 18.6. The van der Waals surface area contributed by atoms with E-state index in [1.54, 1.807) is 13.2 Å². The highest BCUT2D eigenvalue weighted by Gasteiger charge is 2.20. The summed E-state index contributed by atoms with van der Waals surface area (Å²) in [6.45, 7) is 2.04. The highest BCUT2D eigenvalue weighted by molar-refractivity contribution is 5.92. The van der Waals surface area contributed by atoms with Gasteiger partial charge in [-0.15, -0.1) is 0 Å². The predicted molar refractivity (Wildman–Crippen MR) is 75.3 cm³/mol. The summed E-state index contributed by atoms with van der Waals surface area (Å²) >= 11 is 0. The third-order valence-corrected chi connectivity index (χ3v) is 3.71. The van der Waals surface area contributed by atoms with Crippen LogP contribution in [0.5, 0.6) is 11.5 Å². The van der Waals surface area contributed by atoms with Crippen LogP contribution in [0.4, 0.5) is 0 Å². The lowest BCUT2D eigenvalue weighted by atomic mass is 9.91. The molecule has 1 atom stereocenters. The van der Waals surface area contributed by atoms with Crippen LogP contribution >= 0.6 is 0 Å².